The standard InChI is InChI=1S/C19H17F3N2OS/c1-25-15-9-7-14(8-10-15)23-17(19(20,21)22)11-18-24-16(12-26-18)13-5-3-2-4-6-13/h2-11,16,23H,12H2,1H3. The number of ether oxygens (including phenoxy) is 1. The van der Waals surface area contributed by atoms with E-state index < -0.39 is 11.9 Å². The summed E-state index contributed by atoms with van der Waals surface area (Å²) in [5.41, 5.74) is 0.486. The van der Waals surface area contributed by atoms with Gasteiger partial charge in [-0.3, -0.25) is 4.99 Å². The van der Waals surface area contributed by atoms with Crippen molar-refractivity contribution in [2.45, 2.75) is 12.2 Å². The molecule has 1 aliphatic rings. The molecule has 3 nitrogen and oxygen atoms in total. The highest BCUT2D eigenvalue weighted by Crippen LogP contribution is 2.34. The zero-order chi connectivity index (χ0) is 18.6. The lowest BCUT2D eigenvalue weighted by Gasteiger charge is -2.14. The van der Waals surface area contributed by atoms with Crippen molar-refractivity contribution < 1.29 is 17.9 Å². The number of nitrogens with one attached hydrogen (secondary N) is 1. The van der Waals surface area contributed by atoms with Crippen LogP contribution in [0, 0.1) is 0 Å². The highest BCUT2D eigenvalue weighted by molar-refractivity contribution is 8.14. The second-order valence-corrected chi connectivity index (χ2v) is 6.65. The third kappa shape index (κ3) is 4.60. The van der Waals surface area contributed by atoms with E-state index in [-0.39, 0.29) is 6.04 Å². The number of benzene rings is 2. The molecule has 26 heavy (non-hydrogen) atoms. The van der Waals surface area contributed by atoms with Gasteiger partial charge in [0.05, 0.1) is 18.2 Å². The average molecular weight is 378 g/mol. The number of rotatable bonds is 5. The quantitative estimate of drug-likeness (QED) is 0.752. The van der Waals surface area contributed by atoms with Crippen LogP contribution in [0.2, 0.25) is 0 Å². The summed E-state index contributed by atoms with van der Waals surface area (Å²) in [6, 6.07) is 15.7. The molecule has 1 unspecified atom stereocenters. The first kappa shape index (κ1) is 18.4. The first-order valence-corrected chi connectivity index (χ1v) is 8.90. The topological polar surface area (TPSA) is 33.6 Å². The minimum absolute atomic E-state index is 0.122. The number of hydrogen-bond donors (Lipinski definition) is 1. The second kappa shape index (κ2) is 7.86. The summed E-state index contributed by atoms with van der Waals surface area (Å²) < 4.78 is 45.2. The van der Waals surface area contributed by atoms with E-state index in [1.165, 1.54) is 31.0 Å². The van der Waals surface area contributed by atoms with Crippen molar-refractivity contribution in [2.24, 2.45) is 4.99 Å². The van der Waals surface area contributed by atoms with E-state index in [0.29, 0.717) is 22.2 Å². The van der Waals surface area contributed by atoms with Crippen molar-refractivity contribution in [1.82, 2.24) is 0 Å². The Labute approximate surface area is 154 Å². The van der Waals surface area contributed by atoms with Gasteiger partial charge in [-0.15, -0.1) is 11.8 Å². The first-order chi connectivity index (χ1) is 12.5. The summed E-state index contributed by atoms with van der Waals surface area (Å²) in [5.74, 6) is 1.21. The molecule has 1 heterocycles. The molecule has 1 N–H and O–H groups in total. The van der Waals surface area contributed by atoms with Gasteiger partial charge in [0.25, 0.3) is 0 Å². The zero-order valence-electron chi connectivity index (χ0n) is 14.0. The molecule has 0 saturated heterocycles. The van der Waals surface area contributed by atoms with Gasteiger partial charge in [0.15, 0.2) is 0 Å². The molecule has 0 bridgehead atoms. The fourth-order valence-corrected chi connectivity index (χ4v) is 3.46. The van der Waals surface area contributed by atoms with Gasteiger partial charge >= 0.3 is 6.18 Å². The van der Waals surface area contributed by atoms with Crippen LogP contribution in [0.15, 0.2) is 71.4 Å². The van der Waals surface area contributed by atoms with Crippen LogP contribution >= 0.6 is 11.8 Å². The van der Waals surface area contributed by atoms with Gasteiger partial charge in [-0.1, -0.05) is 30.3 Å². The Kier molecular flexibility index (Phi) is 5.56. The van der Waals surface area contributed by atoms with E-state index in [9.17, 15) is 13.2 Å². The van der Waals surface area contributed by atoms with E-state index in [0.717, 1.165) is 11.6 Å². The smallest absolute Gasteiger partial charge is 0.431 e. The number of allylic oxidation sites excluding steroid dienone is 1. The van der Waals surface area contributed by atoms with Crippen LogP contribution in [0.1, 0.15) is 11.6 Å². The van der Waals surface area contributed by atoms with Gasteiger partial charge in [-0.2, -0.15) is 13.2 Å². The van der Waals surface area contributed by atoms with E-state index in [1.807, 2.05) is 30.3 Å². The van der Waals surface area contributed by atoms with Crippen molar-refractivity contribution in [3.63, 3.8) is 0 Å². The van der Waals surface area contributed by atoms with Gasteiger partial charge in [-0.25, -0.2) is 0 Å². The predicted octanol–water partition coefficient (Wildman–Crippen LogP) is 5.44. The number of alkyl halides is 3. The summed E-state index contributed by atoms with van der Waals surface area (Å²) in [7, 11) is 1.50. The number of thioether (sulfide) groups is 1. The molecule has 2 aromatic carbocycles. The summed E-state index contributed by atoms with van der Waals surface area (Å²) in [6.07, 6.45) is -3.44. The third-order valence-corrected chi connectivity index (χ3v) is 4.80. The average Bonchev–Trinajstić information content (AvgIpc) is 3.10. The van der Waals surface area contributed by atoms with Crippen molar-refractivity contribution in [3.05, 3.63) is 71.9 Å². The van der Waals surface area contributed by atoms with Crippen LogP contribution < -0.4 is 10.1 Å². The largest absolute Gasteiger partial charge is 0.497 e. The SMILES string of the molecule is COc1ccc(NC(=CC2=NC(c3ccccc3)CS2)C(F)(F)F)cc1. The Balaban J connectivity index is 1.81. The minimum atomic E-state index is -4.51. The van der Waals surface area contributed by atoms with Crippen molar-refractivity contribution in [3.8, 4) is 5.75 Å². The van der Waals surface area contributed by atoms with Crippen LogP contribution in [-0.2, 0) is 0 Å². The van der Waals surface area contributed by atoms with E-state index in [1.54, 1.807) is 12.1 Å². The van der Waals surface area contributed by atoms with Crippen LogP contribution in [0.25, 0.3) is 0 Å². The highest BCUT2D eigenvalue weighted by atomic mass is 32.2. The lowest BCUT2D eigenvalue weighted by atomic mass is 10.1. The molecule has 0 radical (unpaired) electrons. The summed E-state index contributed by atoms with van der Waals surface area (Å²) in [6.45, 7) is 0. The predicted molar refractivity (Wildman–Crippen MR) is 99.8 cm³/mol. The molecule has 7 heteroatoms. The summed E-state index contributed by atoms with van der Waals surface area (Å²) in [5, 5.41) is 2.81. The molecule has 0 saturated carbocycles. The molecular formula is C19H17F3N2OS. The number of halogens is 3. The van der Waals surface area contributed by atoms with Crippen molar-refractivity contribution >= 4 is 22.5 Å². The fourth-order valence-electron chi connectivity index (χ4n) is 2.46. The molecule has 136 valence electrons. The number of aliphatic imine (C=N–C) groups is 1. The highest BCUT2D eigenvalue weighted by Gasteiger charge is 2.35. The molecular weight excluding hydrogens is 361 g/mol. The Bertz CT molecular complexity index is 802. The molecule has 1 aliphatic heterocycles. The lowest BCUT2D eigenvalue weighted by molar-refractivity contribution is -0.0901. The van der Waals surface area contributed by atoms with Gasteiger partial charge in [0.1, 0.15) is 11.4 Å². The van der Waals surface area contributed by atoms with E-state index in [4.69, 9.17) is 4.74 Å². The van der Waals surface area contributed by atoms with Crippen LogP contribution in [0.3, 0.4) is 0 Å². The normalized spacial score (nSPS) is 17.8. The van der Waals surface area contributed by atoms with Gasteiger partial charge in [0.2, 0.25) is 0 Å². The molecule has 3 rings (SSSR count). The van der Waals surface area contributed by atoms with Crippen molar-refractivity contribution in [2.75, 3.05) is 18.2 Å². The number of hydrogen-bond acceptors (Lipinski definition) is 4. The number of anilines is 1. The Morgan fingerprint density at radius 3 is 2.46 bits per heavy atom. The van der Waals surface area contributed by atoms with Crippen LogP contribution in [0.5, 0.6) is 5.75 Å². The first-order valence-electron chi connectivity index (χ1n) is 7.91. The molecule has 0 fully saturated rings. The third-order valence-electron chi connectivity index (χ3n) is 3.80. The van der Waals surface area contributed by atoms with E-state index >= 15 is 0 Å². The Hall–Kier alpha value is -2.41. The maximum atomic E-state index is 13.4. The maximum Gasteiger partial charge on any atom is 0.431 e. The molecule has 0 amide bonds. The Morgan fingerprint density at radius 2 is 1.85 bits per heavy atom. The summed E-state index contributed by atoms with van der Waals surface area (Å²) in [4.78, 5) is 4.42. The molecule has 0 aliphatic carbocycles. The van der Waals surface area contributed by atoms with Crippen molar-refractivity contribution in [1.29, 1.82) is 0 Å². The second-order valence-electron chi connectivity index (χ2n) is 5.61. The lowest BCUT2D eigenvalue weighted by Crippen LogP contribution is -2.20. The van der Waals surface area contributed by atoms with Gasteiger partial charge in [-0.05, 0) is 35.9 Å². The maximum absolute atomic E-state index is 13.4. The van der Waals surface area contributed by atoms with Gasteiger partial charge < -0.3 is 10.1 Å². The fraction of sp³-hybridized carbons (Fsp3) is 0.211. The van der Waals surface area contributed by atoms with Gasteiger partial charge in [0, 0.05) is 11.4 Å². The molecule has 0 spiro atoms. The number of nitrogens with zero attached hydrogens (tertiary/aromatic N) is 1. The van der Waals surface area contributed by atoms with Crippen LogP contribution in [0.4, 0.5) is 18.9 Å². The minimum Gasteiger partial charge on any atom is -0.497 e. The zero-order valence-corrected chi connectivity index (χ0v) is 14.8. The molecule has 0 aromatic heterocycles. The van der Waals surface area contributed by atoms with E-state index in [2.05, 4.69) is 10.3 Å². The molecule has 2 aromatic rings. The number of methoxy groups -OCH3 is 1. The Morgan fingerprint density at radius 1 is 1.15 bits per heavy atom. The summed E-state index contributed by atoms with van der Waals surface area (Å²) >= 11 is 1.32. The monoisotopic (exact) mass is 378 g/mol. The van der Waals surface area contributed by atoms with Crippen LogP contribution in [-0.4, -0.2) is 24.1 Å². The molecule has 1 atom stereocenters.